The number of rotatable bonds is 1. The van der Waals surface area contributed by atoms with Crippen LogP contribution in [0.25, 0.3) is 0 Å². The van der Waals surface area contributed by atoms with E-state index in [0.29, 0.717) is 3.57 Å². The van der Waals surface area contributed by atoms with Crippen LogP contribution in [0.1, 0.15) is 30.5 Å². The first-order chi connectivity index (χ1) is 8.41. The number of carbonyl (C=O) groups is 1. The first-order valence-electron chi connectivity index (χ1n) is 5.10. The van der Waals surface area contributed by atoms with Crippen molar-refractivity contribution in [1.29, 1.82) is 0 Å². The molecule has 1 aliphatic rings. The highest BCUT2D eigenvalue weighted by Gasteiger charge is 2.44. The first-order valence-corrected chi connectivity index (χ1v) is 6.18. The van der Waals surface area contributed by atoms with Gasteiger partial charge in [0.2, 0.25) is 12.6 Å². The normalized spacial score (nSPS) is 27.7. The van der Waals surface area contributed by atoms with Gasteiger partial charge in [-0.25, -0.2) is 13.2 Å². The van der Waals surface area contributed by atoms with Crippen LogP contribution in [0, 0.1) is 3.57 Å². The molecular formula is C11H9F3INO2. The molecule has 0 radical (unpaired) electrons. The molecule has 1 aromatic rings. The molecule has 1 aliphatic heterocycles. The summed E-state index contributed by atoms with van der Waals surface area (Å²) in [4.78, 5) is 15.2. The first kappa shape index (κ1) is 13.6. The van der Waals surface area contributed by atoms with Crippen LogP contribution in [-0.4, -0.2) is 17.3 Å². The zero-order valence-electron chi connectivity index (χ0n) is 9.24. The van der Waals surface area contributed by atoms with Gasteiger partial charge in [0.05, 0.1) is 0 Å². The lowest BCUT2D eigenvalue weighted by Gasteiger charge is -2.34. The number of halogens is 4. The fraction of sp³-hybridized carbons (Fsp3) is 0.364. The average molecular weight is 371 g/mol. The Balaban J connectivity index is 2.43. The summed E-state index contributed by atoms with van der Waals surface area (Å²) in [6, 6.07) is 4.30. The molecule has 3 nitrogen and oxygen atoms in total. The van der Waals surface area contributed by atoms with Crippen molar-refractivity contribution in [1.82, 2.24) is 5.06 Å². The zero-order valence-corrected chi connectivity index (χ0v) is 11.4. The van der Waals surface area contributed by atoms with E-state index in [1.807, 2.05) is 22.6 Å². The highest BCUT2D eigenvalue weighted by atomic mass is 127. The largest absolute Gasteiger partial charge is 0.362 e. The molecule has 0 fully saturated rings. The van der Waals surface area contributed by atoms with Gasteiger partial charge in [-0.2, -0.15) is 0 Å². The van der Waals surface area contributed by atoms with Crippen LogP contribution < -0.4 is 0 Å². The molecule has 0 N–H and O–H groups in total. The van der Waals surface area contributed by atoms with Gasteiger partial charge in [0, 0.05) is 16.1 Å². The van der Waals surface area contributed by atoms with Crippen molar-refractivity contribution in [2.24, 2.45) is 0 Å². The Morgan fingerprint density at radius 3 is 2.61 bits per heavy atom. The second-order valence-corrected chi connectivity index (χ2v) is 5.07. The molecule has 0 aliphatic carbocycles. The van der Waals surface area contributed by atoms with E-state index >= 15 is 0 Å². The van der Waals surface area contributed by atoms with E-state index in [1.54, 1.807) is 6.07 Å². The van der Waals surface area contributed by atoms with Crippen molar-refractivity contribution in [2.45, 2.75) is 25.7 Å². The third-order valence-electron chi connectivity index (χ3n) is 2.54. The summed E-state index contributed by atoms with van der Waals surface area (Å²) in [5.41, 5.74) is -0.0802. The molecule has 0 saturated carbocycles. The molecule has 0 spiro atoms. The van der Waals surface area contributed by atoms with E-state index in [9.17, 15) is 18.0 Å². The molecule has 1 aromatic carbocycles. The van der Waals surface area contributed by atoms with Gasteiger partial charge in [-0.05, 0) is 40.3 Å². The van der Waals surface area contributed by atoms with Crippen LogP contribution in [-0.2, 0) is 9.63 Å². The predicted octanol–water partition coefficient (Wildman–Crippen LogP) is 3.36. The number of fused-ring (bicyclic) bond motifs is 1. The number of hydrogen-bond donors (Lipinski definition) is 0. The number of nitrogens with zero attached hydrogens (tertiary/aromatic N) is 1. The van der Waals surface area contributed by atoms with E-state index in [0.717, 1.165) is 6.92 Å². The molecule has 1 heterocycles. The highest BCUT2D eigenvalue weighted by molar-refractivity contribution is 14.1. The molecule has 18 heavy (non-hydrogen) atoms. The molecule has 0 amide bonds. The molecular weight excluding hydrogens is 362 g/mol. The van der Waals surface area contributed by atoms with Gasteiger partial charge in [-0.3, -0.25) is 4.79 Å². The van der Waals surface area contributed by atoms with Crippen LogP contribution >= 0.6 is 22.6 Å². The van der Waals surface area contributed by atoms with Crippen LogP contribution in [0.2, 0.25) is 0 Å². The number of hydrogen-bond acceptors (Lipinski definition) is 3. The van der Waals surface area contributed by atoms with E-state index in [2.05, 4.69) is 4.84 Å². The van der Waals surface area contributed by atoms with Crippen molar-refractivity contribution in [3.05, 3.63) is 32.9 Å². The lowest BCUT2D eigenvalue weighted by Crippen LogP contribution is -2.42. The minimum absolute atomic E-state index is 0.0236. The van der Waals surface area contributed by atoms with Gasteiger partial charge >= 0.3 is 5.97 Å². The fourth-order valence-electron chi connectivity index (χ4n) is 1.79. The topological polar surface area (TPSA) is 29.5 Å². The minimum atomic E-state index is -2.35. The lowest BCUT2D eigenvalue weighted by molar-refractivity contribution is -0.272. The van der Waals surface area contributed by atoms with Gasteiger partial charge in [-0.1, -0.05) is 11.1 Å². The van der Waals surface area contributed by atoms with Crippen LogP contribution in [0.5, 0.6) is 0 Å². The Labute approximate surface area is 115 Å². The SMILES string of the molecule is CC(=O)ON1C(F)c2cc(I)ccc2C(F)C1F. The minimum Gasteiger partial charge on any atom is -0.362 e. The third kappa shape index (κ3) is 2.33. The summed E-state index contributed by atoms with van der Waals surface area (Å²) in [5, 5.41) is 0.116. The average Bonchev–Trinajstić information content (AvgIpc) is 2.31. The maximum absolute atomic E-state index is 14.0. The van der Waals surface area contributed by atoms with Gasteiger partial charge in [0.15, 0.2) is 6.17 Å². The zero-order chi connectivity index (χ0) is 13.4. The molecule has 7 heteroatoms. The summed E-state index contributed by atoms with van der Waals surface area (Å²) >= 11 is 1.93. The molecule has 0 aromatic heterocycles. The number of carbonyl (C=O) groups excluding carboxylic acids is 1. The Morgan fingerprint density at radius 2 is 2.00 bits per heavy atom. The summed E-state index contributed by atoms with van der Waals surface area (Å²) in [5.74, 6) is -0.901. The number of hydroxylamine groups is 2. The summed E-state index contributed by atoms with van der Waals surface area (Å²) in [6.45, 7) is 0.997. The second kappa shape index (κ2) is 5.04. The van der Waals surface area contributed by atoms with Gasteiger partial charge < -0.3 is 4.84 Å². The van der Waals surface area contributed by atoms with Crippen molar-refractivity contribution in [2.75, 3.05) is 0 Å². The monoisotopic (exact) mass is 371 g/mol. The van der Waals surface area contributed by atoms with Gasteiger partial charge in [-0.15, -0.1) is 0 Å². The second-order valence-electron chi connectivity index (χ2n) is 3.83. The number of benzene rings is 1. The maximum Gasteiger partial charge on any atom is 0.322 e. The van der Waals surface area contributed by atoms with Gasteiger partial charge in [0.1, 0.15) is 0 Å². The maximum atomic E-state index is 14.0. The summed E-state index contributed by atoms with van der Waals surface area (Å²) in [7, 11) is 0. The molecule has 98 valence electrons. The van der Waals surface area contributed by atoms with E-state index in [-0.39, 0.29) is 16.2 Å². The Bertz CT molecular complexity index is 485. The summed E-state index contributed by atoms with van der Waals surface area (Å²) < 4.78 is 42.2. The third-order valence-corrected chi connectivity index (χ3v) is 3.22. The smallest absolute Gasteiger partial charge is 0.322 e. The van der Waals surface area contributed by atoms with Crippen LogP contribution in [0.3, 0.4) is 0 Å². The molecule has 3 atom stereocenters. The van der Waals surface area contributed by atoms with E-state index in [4.69, 9.17) is 0 Å². The Hall–Kier alpha value is -0.830. The lowest BCUT2D eigenvalue weighted by atomic mass is 9.98. The van der Waals surface area contributed by atoms with Crippen molar-refractivity contribution >= 4 is 28.6 Å². The van der Waals surface area contributed by atoms with Gasteiger partial charge in [0.25, 0.3) is 0 Å². The molecule has 0 saturated heterocycles. The van der Waals surface area contributed by atoms with Crippen LogP contribution in [0.4, 0.5) is 13.2 Å². The fourth-order valence-corrected chi connectivity index (χ4v) is 2.30. The standard InChI is InChI=1S/C11H9F3INO2/c1-5(17)18-16-10(13)8-4-6(15)2-3-7(8)9(12)11(16)14/h2-4,9-11H,1H3. The van der Waals surface area contributed by atoms with E-state index in [1.165, 1.54) is 12.1 Å². The van der Waals surface area contributed by atoms with Crippen molar-refractivity contribution in [3.8, 4) is 0 Å². The van der Waals surface area contributed by atoms with Crippen molar-refractivity contribution in [3.63, 3.8) is 0 Å². The molecule has 2 rings (SSSR count). The molecule has 0 bridgehead atoms. The van der Waals surface area contributed by atoms with Crippen LogP contribution in [0.15, 0.2) is 18.2 Å². The highest BCUT2D eigenvalue weighted by Crippen LogP contribution is 2.42. The van der Waals surface area contributed by atoms with E-state index < -0.39 is 24.7 Å². The predicted molar refractivity (Wildman–Crippen MR) is 65.4 cm³/mol. The Morgan fingerprint density at radius 1 is 1.33 bits per heavy atom. The number of alkyl halides is 3. The quantitative estimate of drug-likeness (QED) is 0.560. The Kier molecular flexibility index (Phi) is 3.81. The van der Waals surface area contributed by atoms with Crippen molar-refractivity contribution < 1.29 is 22.8 Å². The summed E-state index contributed by atoms with van der Waals surface area (Å²) in [6.07, 6.45) is -6.42. The molecule has 3 unspecified atom stereocenters.